The molecule has 0 bridgehead atoms. The second-order valence-electron chi connectivity index (χ2n) is 5.51. The molecule has 22 heavy (non-hydrogen) atoms. The molecule has 0 spiro atoms. The van der Waals surface area contributed by atoms with Gasteiger partial charge in [-0.25, -0.2) is 0 Å². The van der Waals surface area contributed by atoms with Crippen LogP contribution in [0, 0.1) is 0 Å². The summed E-state index contributed by atoms with van der Waals surface area (Å²) in [5.74, 6) is -0.329. The molecule has 0 atom stereocenters. The zero-order valence-corrected chi connectivity index (χ0v) is 13.8. The molecule has 118 valence electrons. The fourth-order valence-corrected chi connectivity index (χ4v) is 2.50. The van der Waals surface area contributed by atoms with Crippen LogP contribution in [-0.2, 0) is 0 Å². The minimum atomic E-state index is -0.175. The van der Waals surface area contributed by atoms with Gasteiger partial charge in [0.05, 0.1) is 11.1 Å². The summed E-state index contributed by atoms with van der Waals surface area (Å²) in [6.07, 6.45) is 2.44. The van der Waals surface area contributed by atoms with Gasteiger partial charge in [-0.3, -0.25) is 14.2 Å². The maximum Gasteiger partial charge on any atom is 0.253 e. The molecule has 0 saturated carbocycles. The van der Waals surface area contributed by atoms with Crippen LogP contribution in [-0.4, -0.2) is 48.5 Å². The normalized spacial score (nSPS) is 11.1. The predicted octanol–water partition coefficient (Wildman–Crippen LogP) is 2.64. The van der Waals surface area contributed by atoms with Crippen LogP contribution in [0.25, 0.3) is 10.9 Å². The lowest BCUT2D eigenvalue weighted by molar-refractivity contribution is 0.0941. The van der Waals surface area contributed by atoms with E-state index in [1.807, 2.05) is 14.1 Å². The molecule has 0 aliphatic heterocycles. The molecule has 1 amide bonds. The summed E-state index contributed by atoms with van der Waals surface area (Å²) in [4.78, 5) is 26.1. The van der Waals surface area contributed by atoms with Crippen LogP contribution in [0.5, 0.6) is 0 Å². The summed E-state index contributed by atoms with van der Waals surface area (Å²) in [6.45, 7) is 2.96. The van der Waals surface area contributed by atoms with E-state index in [-0.39, 0.29) is 11.8 Å². The number of aromatic nitrogens is 1. The molecular weight excluding hydrogens is 302 g/mol. The van der Waals surface area contributed by atoms with E-state index in [1.54, 1.807) is 24.4 Å². The Bertz CT molecular complexity index is 707. The van der Waals surface area contributed by atoms with Crippen LogP contribution in [0.1, 0.15) is 28.5 Å². The first-order chi connectivity index (χ1) is 10.4. The van der Waals surface area contributed by atoms with Crippen molar-refractivity contribution >= 4 is 34.3 Å². The zero-order chi connectivity index (χ0) is 16.3. The third-order valence-electron chi connectivity index (χ3n) is 3.42. The average Bonchev–Trinajstić information content (AvgIpc) is 2.82. The van der Waals surface area contributed by atoms with Crippen LogP contribution in [0.2, 0.25) is 5.02 Å². The molecule has 1 aromatic heterocycles. The number of rotatable bonds is 5. The van der Waals surface area contributed by atoms with Crippen molar-refractivity contribution in [1.82, 2.24) is 14.8 Å². The maximum absolute atomic E-state index is 12.3. The highest BCUT2D eigenvalue weighted by molar-refractivity contribution is 6.31. The Morgan fingerprint density at radius 1 is 1.32 bits per heavy atom. The number of hydrogen-bond donors (Lipinski definition) is 1. The number of carbonyl (C=O) groups is 2. The third-order valence-corrected chi connectivity index (χ3v) is 3.65. The van der Waals surface area contributed by atoms with Crippen molar-refractivity contribution in [2.75, 3.05) is 27.2 Å². The molecule has 0 fully saturated rings. The van der Waals surface area contributed by atoms with Crippen LogP contribution < -0.4 is 5.32 Å². The molecule has 0 saturated heterocycles. The first-order valence-corrected chi connectivity index (χ1v) is 7.52. The smallest absolute Gasteiger partial charge is 0.253 e. The van der Waals surface area contributed by atoms with E-state index in [2.05, 4.69) is 10.2 Å². The second kappa shape index (κ2) is 6.94. The zero-order valence-electron chi connectivity index (χ0n) is 13.0. The Morgan fingerprint density at radius 3 is 2.68 bits per heavy atom. The molecule has 0 aliphatic carbocycles. The molecule has 0 unspecified atom stereocenters. The molecule has 0 aliphatic rings. The lowest BCUT2D eigenvalue weighted by atomic mass is 10.1. The van der Waals surface area contributed by atoms with Crippen molar-refractivity contribution in [2.45, 2.75) is 13.3 Å². The number of nitrogens with one attached hydrogen (secondary N) is 1. The maximum atomic E-state index is 12.3. The number of carbonyl (C=O) groups excluding carboxylic acids is 2. The van der Waals surface area contributed by atoms with Crippen molar-refractivity contribution in [1.29, 1.82) is 0 Å². The van der Waals surface area contributed by atoms with Gasteiger partial charge in [0.15, 0.2) is 0 Å². The molecular formula is C16H20ClN3O2. The highest BCUT2D eigenvalue weighted by Crippen LogP contribution is 2.24. The van der Waals surface area contributed by atoms with Gasteiger partial charge in [0.25, 0.3) is 5.91 Å². The van der Waals surface area contributed by atoms with E-state index < -0.39 is 0 Å². The number of halogens is 1. The van der Waals surface area contributed by atoms with Gasteiger partial charge in [0.1, 0.15) is 0 Å². The minimum absolute atomic E-state index is 0.154. The lowest BCUT2D eigenvalue weighted by Crippen LogP contribution is -2.27. The Balaban J connectivity index is 2.23. The average molecular weight is 322 g/mol. The van der Waals surface area contributed by atoms with Crippen LogP contribution in [0.4, 0.5) is 0 Å². The summed E-state index contributed by atoms with van der Waals surface area (Å²) < 4.78 is 1.45. The Hall–Kier alpha value is -1.85. The van der Waals surface area contributed by atoms with E-state index in [0.29, 0.717) is 22.6 Å². The number of benzene rings is 1. The molecule has 1 heterocycles. The highest BCUT2D eigenvalue weighted by Gasteiger charge is 2.16. The number of amides is 1. The van der Waals surface area contributed by atoms with Crippen molar-refractivity contribution in [3.63, 3.8) is 0 Å². The molecule has 1 aromatic carbocycles. The van der Waals surface area contributed by atoms with Gasteiger partial charge in [-0.15, -0.1) is 0 Å². The predicted molar refractivity (Wildman–Crippen MR) is 88.8 cm³/mol. The van der Waals surface area contributed by atoms with Crippen LogP contribution >= 0.6 is 11.6 Å². The fourth-order valence-electron chi connectivity index (χ4n) is 2.33. The van der Waals surface area contributed by atoms with E-state index in [1.165, 1.54) is 11.5 Å². The van der Waals surface area contributed by atoms with Gasteiger partial charge in [-0.1, -0.05) is 17.7 Å². The largest absolute Gasteiger partial charge is 0.352 e. The Morgan fingerprint density at radius 2 is 2.05 bits per heavy atom. The summed E-state index contributed by atoms with van der Waals surface area (Å²) in [5, 5.41) is 4.15. The molecule has 2 aromatic rings. The Labute approximate surface area is 134 Å². The second-order valence-corrected chi connectivity index (χ2v) is 5.94. The Kier molecular flexibility index (Phi) is 5.21. The number of hydrogen-bond acceptors (Lipinski definition) is 3. The summed E-state index contributed by atoms with van der Waals surface area (Å²) in [6, 6.07) is 5.18. The molecule has 5 nitrogen and oxygen atoms in total. The van der Waals surface area contributed by atoms with E-state index in [0.717, 1.165) is 18.4 Å². The minimum Gasteiger partial charge on any atom is -0.352 e. The fraction of sp³-hybridized carbons (Fsp3) is 0.375. The van der Waals surface area contributed by atoms with Gasteiger partial charge in [0, 0.05) is 30.1 Å². The molecule has 6 heteroatoms. The molecule has 1 N–H and O–H groups in total. The highest BCUT2D eigenvalue weighted by atomic mass is 35.5. The molecule has 0 radical (unpaired) electrons. The van der Waals surface area contributed by atoms with Gasteiger partial charge in [-0.05, 0) is 39.2 Å². The SMILES string of the molecule is CC(=O)n1cc(C(=O)NCCCN(C)C)c2ccc(Cl)cc21. The van der Waals surface area contributed by atoms with Gasteiger partial charge in [0.2, 0.25) is 5.91 Å². The van der Waals surface area contributed by atoms with Crippen molar-refractivity contribution in [3.8, 4) is 0 Å². The molecule has 2 rings (SSSR count). The number of fused-ring (bicyclic) bond motifs is 1. The van der Waals surface area contributed by atoms with Crippen molar-refractivity contribution in [2.24, 2.45) is 0 Å². The van der Waals surface area contributed by atoms with Crippen molar-refractivity contribution in [3.05, 3.63) is 35.0 Å². The van der Waals surface area contributed by atoms with Crippen LogP contribution in [0.15, 0.2) is 24.4 Å². The van der Waals surface area contributed by atoms with Gasteiger partial charge in [-0.2, -0.15) is 0 Å². The quantitative estimate of drug-likeness (QED) is 0.861. The lowest BCUT2D eigenvalue weighted by Gasteiger charge is -2.09. The van der Waals surface area contributed by atoms with E-state index in [9.17, 15) is 9.59 Å². The van der Waals surface area contributed by atoms with E-state index in [4.69, 9.17) is 11.6 Å². The first-order valence-electron chi connectivity index (χ1n) is 7.14. The summed E-state index contributed by atoms with van der Waals surface area (Å²) in [7, 11) is 3.98. The topological polar surface area (TPSA) is 54.3 Å². The van der Waals surface area contributed by atoms with Crippen molar-refractivity contribution < 1.29 is 9.59 Å². The third kappa shape index (κ3) is 3.67. The van der Waals surface area contributed by atoms with E-state index >= 15 is 0 Å². The van der Waals surface area contributed by atoms with Crippen LogP contribution in [0.3, 0.4) is 0 Å². The monoisotopic (exact) mass is 321 g/mol. The summed E-state index contributed by atoms with van der Waals surface area (Å²) >= 11 is 5.99. The van der Waals surface area contributed by atoms with Gasteiger partial charge >= 0.3 is 0 Å². The first kappa shape index (κ1) is 16.5. The van der Waals surface area contributed by atoms with Gasteiger partial charge < -0.3 is 10.2 Å². The number of nitrogens with zero attached hydrogens (tertiary/aromatic N) is 2. The summed E-state index contributed by atoms with van der Waals surface area (Å²) in [5.41, 5.74) is 1.14. The standard InChI is InChI=1S/C16H20ClN3O2/c1-11(21)20-10-14(13-6-5-12(17)9-15(13)20)16(22)18-7-4-8-19(2)3/h5-6,9-10H,4,7-8H2,1-3H3,(H,18,22).